The summed E-state index contributed by atoms with van der Waals surface area (Å²) in [6.45, 7) is 2.82. The van der Waals surface area contributed by atoms with Crippen molar-refractivity contribution >= 4 is 39.7 Å². The maximum Gasteiger partial charge on any atom is 0.229 e. The van der Waals surface area contributed by atoms with E-state index in [0.29, 0.717) is 5.95 Å². The summed E-state index contributed by atoms with van der Waals surface area (Å²) in [5.74, 6) is 1.44. The quantitative estimate of drug-likeness (QED) is 0.511. The Labute approximate surface area is 150 Å². The second-order valence-electron chi connectivity index (χ2n) is 5.79. The first-order valence-corrected chi connectivity index (χ1v) is 9.03. The number of para-hydroxylation sites is 2. The molecule has 2 heterocycles. The molecule has 0 amide bonds. The standard InChI is InChI=1S/C20H18N4S/c1-14-7-2-4-10-17(14)22-20-23-18-11-5-3-9-16(18)19(24-20)21-13-15-8-6-12-25-15/h2-12H,13H2,1H3,(H2,21,22,23,24). The van der Waals surface area contributed by atoms with E-state index in [-0.39, 0.29) is 0 Å². The van der Waals surface area contributed by atoms with Crippen LogP contribution in [0.3, 0.4) is 0 Å². The summed E-state index contributed by atoms with van der Waals surface area (Å²) in [5.41, 5.74) is 3.09. The second-order valence-corrected chi connectivity index (χ2v) is 6.82. The number of fused-ring (bicyclic) bond motifs is 1. The second kappa shape index (κ2) is 6.91. The van der Waals surface area contributed by atoms with Crippen molar-refractivity contribution in [1.82, 2.24) is 9.97 Å². The SMILES string of the molecule is Cc1ccccc1Nc1nc(NCc2cccs2)c2ccccc2n1. The predicted octanol–water partition coefficient (Wildman–Crippen LogP) is 5.36. The Balaban J connectivity index is 1.69. The molecule has 124 valence electrons. The zero-order valence-electron chi connectivity index (χ0n) is 13.9. The van der Waals surface area contributed by atoms with E-state index in [4.69, 9.17) is 4.98 Å². The number of hydrogen-bond acceptors (Lipinski definition) is 5. The van der Waals surface area contributed by atoms with Crippen LogP contribution in [0.25, 0.3) is 10.9 Å². The molecular formula is C20H18N4S. The van der Waals surface area contributed by atoms with Crippen molar-refractivity contribution in [3.63, 3.8) is 0 Å². The number of aryl methyl sites for hydroxylation is 1. The van der Waals surface area contributed by atoms with Crippen LogP contribution in [-0.2, 0) is 6.54 Å². The molecular weight excluding hydrogens is 328 g/mol. The molecule has 0 aliphatic carbocycles. The Hall–Kier alpha value is -2.92. The number of rotatable bonds is 5. The maximum atomic E-state index is 4.71. The van der Waals surface area contributed by atoms with Gasteiger partial charge in [0.2, 0.25) is 5.95 Å². The highest BCUT2D eigenvalue weighted by Gasteiger charge is 2.08. The number of benzene rings is 2. The minimum absolute atomic E-state index is 0.599. The molecule has 0 aliphatic rings. The Kier molecular flexibility index (Phi) is 4.31. The van der Waals surface area contributed by atoms with Crippen LogP contribution < -0.4 is 10.6 Å². The van der Waals surface area contributed by atoms with Crippen LogP contribution in [0, 0.1) is 6.92 Å². The van der Waals surface area contributed by atoms with Gasteiger partial charge in [-0.3, -0.25) is 0 Å². The summed E-state index contributed by atoms with van der Waals surface area (Å²) in [6, 6.07) is 20.4. The molecule has 0 radical (unpaired) electrons. The first-order chi connectivity index (χ1) is 12.3. The summed E-state index contributed by atoms with van der Waals surface area (Å²) >= 11 is 1.73. The zero-order valence-corrected chi connectivity index (χ0v) is 14.7. The average molecular weight is 346 g/mol. The van der Waals surface area contributed by atoms with E-state index in [9.17, 15) is 0 Å². The fourth-order valence-corrected chi connectivity index (χ4v) is 3.33. The molecule has 2 aromatic carbocycles. The van der Waals surface area contributed by atoms with Gasteiger partial charge in [0.05, 0.1) is 12.1 Å². The molecule has 2 N–H and O–H groups in total. The minimum Gasteiger partial charge on any atom is -0.364 e. The van der Waals surface area contributed by atoms with E-state index in [1.54, 1.807) is 11.3 Å². The van der Waals surface area contributed by atoms with E-state index < -0.39 is 0 Å². The number of thiophene rings is 1. The fraction of sp³-hybridized carbons (Fsp3) is 0.100. The van der Waals surface area contributed by atoms with Crippen molar-refractivity contribution in [3.8, 4) is 0 Å². The van der Waals surface area contributed by atoms with Gasteiger partial charge in [-0.1, -0.05) is 36.4 Å². The first-order valence-electron chi connectivity index (χ1n) is 8.15. The molecule has 5 heteroatoms. The molecule has 25 heavy (non-hydrogen) atoms. The lowest BCUT2D eigenvalue weighted by atomic mass is 10.2. The molecule has 4 rings (SSSR count). The van der Waals surface area contributed by atoms with Crippen LogP contribution in [0.4, 0.5) is 17.5 Å². The fourth-order valence-electron chi connectivity index (χ4n) is 2.68. The number of anilines is 3. The lowest BCUT2D eigenvalue weighted by molar-refractivity contribution is 1.13. The largest absolute Gasteiger partial charge is 0.364 e. The van der Waals surface area contributed by atoms with Gasteiger partial charge in [0.1, 0.15) is 5.82 Å². The number of nitrogens with zero attached hydrogens (tertiary/aromatic N) is 2. The maximum absolute atomic E-state index is 4.71. The molecule has 0 saturated heterocycles. The smallest absolute Gasteiger partial charge is 0.229 e. The van der Waals surface area contributed by atoms with Crippen LogP contribution in [-0.4, -0.2) is 9.97 Å². The van der Waals surface area contributed by atoms with E-state index in [1.165, 1.54) is 4.88 Å². The lowest BCUT2D eigenvalue weighted by Crippen LogP contribution is -2.05. The Morgan fingerprint density at radius 3 is 2.60 bits per heavy atom. The van der Waals surface area contributed by atoms with Gasteiger partial charge < -0.3 is 10.6 Å². The normalized spacial score (nSPS) is 10.8. The average Bonchev–Trinajstić information content (AvgIpc) is 3.15. The van der Waals surface area contributed by atoms with E-state index >= 15 is 0 Å². The third-order valence-corrected chi connectivity index (χ3v) is 4.88. The monoisotopic (exact) mass is 346 g/mol. The lowest BCUT2D eigenvalue weighted by Gasteiger charge is -2.12. The predicted molar refractivity (Wildman–Crippen MR) is 106 cm³/mol. The Morgan fingerprint density at radius 2 is 1.76 bits per heavy atom. The molecule has 0 fully saturated rings. The molecule has 4 nitrogen and oxygen atoms in total. The topological polar surface area (TPSA) is 49.8 Å². The van der Waals surface area contributed by atoms with E-state index in [1.807, 2.05) is 42.5 Å². The molecule has 0 bridgehead atoms. The third-order valence-electron chi connectivity index (χ3n) is 4.00. The van der Waals surface area contributed by atoms with Crippen LogP contribution >= 0.6 is 11.3 Å². The number of nitrogens with one attached hydrogen (secondary N) is 2. The third kappa shape index (κ3) is 3.46. The van der Waals surface area contributed by atoms with Crippen molar-refractivity contribution in [2.24, 2.45) is 0 Å². The molecule has 0 unspecified atom stereocenters. The molecule has 4 aromatic rings. The van der Waals surface area contributed by atoms with E-state index in [0.717, 1.165) is 34.5 Å². The van der Waals surface area contributed by atoms with Gasteiger partial charge in [-0.05, 0) is 42.1 Å². The summed E-state index contributed by atoms with van der Waals surface area (Å²) in [7, 11) is 0. The molecule has 0 atom stereocenters. The van der Waals surface area contributed by atoms with Crippen molar-refractivity contribution in [3.05, 3.63) is 76.5 Å². The number of aromatic nitrogens is 2. The highest BCUT2D eigenvalue weighted by Crippen LogP contribution is 2.25. The van der Waals surface area contributed by atoms with Gasteiger partial charge in [-0.25, -0.2) is 4.98 Å². The van der Waals surface area contributed by atoms with Gasteiger partial charge in [-0.15, -0.1) is 11.3 Å². The highest BCUT2D eigenvalue weighted by atomic mass is 32.1. The van der Waals surface area contributed by atoms with E-state index in [2.05, 4.69) is 46.1 Å². The minimum atomic E-state index is 0.599. The van der Waals surface area contributed by atoms with Crippen molar-refractivity contribution in [2.45, 2.75) is 13.5 Å². The van der Waals surface area contributed by atoms with Crippen LogP contribution in [0.2, 0.25) is 0 Å². The zero-order chi connectivity index (χ0) is 17.1. The summed E-state index contributed by atoms with van der Waals surface area (Å²) in [4.78, 5) is 10.6. The van der Waals surface area contributed by atoms with Gasteiger partial charge in [0.15, 0.2) is 0 Å². The van der Waals surface area contributed by atoms with Gasteiger partial charge in [0, 0.05) is 16.0 Å². The highest BCUT2D eigenvalue weighted by molar-refractivity contribution is 7.09. The van der Waals surface area contributed by atoms with Crippen LogP contribution in [0.15, 0.2) is 66.0 Å². The summed E-state index contributed by atoms with van der Waals surface area (Å²) in [6.07, 6.45) is 0. The van der Waals surface area contributed by atoms with Crippen molar-refractivity contribution in [2.75, 3.05) is 10.6 Å². The molecule has 0 saturated carbocycles. The Morgan fingerprint density at radius 1 is 0.920 bits per heavy atom. The number of hydrogen-bond donors (Lipinski definition) is 2. The first kappa shape index (κ1) is 15.6. The molecule has 0 aliphatic heterocycles. The van der Waals surface area contributed by atoms with Gasteiger partial charge >= 0.3 is 0 Å². The summed E-state index contributed by atoms with van der Waals surface area (Å²) < 4.78 is 0. The van der Waals surface area contributed by atoms with Crippen LogP contribution in [0.5, 0.6) is 0 Å². The summed E-state index contributed by atoms with van der Waals surface area (Å²) in [5, 5.41) is 9.89. The van der Waals surface area contributed by atoms with Crippen molar-refractivity contribution < 1.29 is 0 Å². The van der Waals surface area contributed by atoms with Gasteiger partial charge in [-0.2, -0.15) is 4.98 Å². The van der Waals surface area contributed by atoms with Crippen LogP contribution in [0.1, 0.15) is 10.4 Å². The molecule has 0 spiro atoms. The van der Waals surface area contributed by atoms with Gasteiger partial charge in [0.25, 0.3) is 0 Å². The molecule has 2 aromatic heterocycles. The Bertz CT molecular complexity index is 996. The van der Waals surface area contributed by atoms with Crippen molar-refractivity contribution in [1.29, 1.82) is 0 Å².